The molecule has 0 radical (unpaired) electrons. The third-order valence-corrected chi connectivity index (χ3v) is 3.88. The molecule has 0 saturated carbocycles. The summed E-state index contributed by atoms with van der Waals surface area (Å²) in [5, 5.41) is 9.49. The molecule has 3 rings (SSSR count). The number of benzene rings is 1. The van der Waals surface area contributed by atoms with Crippen LogP contribution in [0.4, 0.5) is 0 Å². The molecule has 0 aliphatic carbocycles. The Hall–Kier alpha value is -1.22. The summed E-state index contributed by atoms with van der Waals surface area (Å²) in [6.45, 7) is 6.37. The molecular formula is C15H20O3. The van der Waals surface area contributed by atoms with Crippen molar-refractivity contribution in [2.75, 3.05) is 6.61 Å². The molecule has 3 heteroatoms. The van der Waals surface area contributed by atoms with Crippen LogP contribution in [0.15, 0.2) is 6.07 Å². The smallest absolute Gasteiger partial charge is 0.127 e. The van der Waals surface area contributed by atoms with E-state index in [4.69, 9.17) is 9.47 Å². The molecule has 1 N–H and O–H groups in total. The second-order valence-electron chi connectivity index (χ2n) is 5.60. The summed E-state index contributed by atoms with van der Waals surface area (Å²) in [5.74, 6) is 2.10. The van der Waals surface area contributed by atoms with Gasteiger partial charge in [0.1, 0.15) is 23.7 Å². The summed E-state index contributed by atoms with van der Waals surface area (Å²) in [5.41, 5.74) is 3.63. The van der Waals surface area contributed by atoms with Gasteiger partial charge in [-0.2, -0.15) is 0 Å². The normalized spacial score (nSPS) is 26.2. The summed E-state index contributed by atoms with van der Waals surface area (Å²) in [6, 6.07) is 2.13. The quantitative estimate of drug-likeness (QED) is 0.873. The zero-order valence-electron chi connectivity index (χ0n) is 11.2. The first-order valence-electron chi connectivity index (χ1n) is 6.73. The first kappa shape index (κ1) is 11.8. The highest BCUT2D eigenvalue weighted by atomic mass is 16.5. The minimum absolute atomic E-state index is 0.105. The van der Waals surface area contributed by atoms with E-state index in [1.54, 1.807) is 0 Å². The fourth-order valence-electron chi connectivity index (χ4n) is 3.07. The number of aliphatic hydroxyl groups excluding tert-OH is 1. The van der Waals surface area contributed by atoms with Gasteiger partial charge in [-0.15, -0.1) is 0 Å². The van der Waals surface area contributed by atoms with Crippen molar-refractivity contribution in [3.05, 3.63) is 22.8 Å². The zero-order valence-corrected chi connectivity index (χ0v) is 11.2. The molecule has 0 saturated heterocycles. The Balaban J connectivity index is 2.15. The van der Waals surface area contributed by atoms with Crippen molar-refractivity contribution in [1.82, 2.24) is 0 Å². The summed E-state index contributed by atoms with van der Waals surface area (Å²) in [6.07, 6.45) is 2.31. The second kappa shape index (κ2) is 4.16. The SMILES string of the molecule is CC1Cc2c(cc3c(c2C(C)CO)OC(C)C3)O1. The third kappa shape index (κ3) is 1.69. The monoisotopic (exact) mass is 248 g/mol. The maximum absolute atomic E-state index is 9.49. The van der Waals surface area contributed by atoms with Gasteiger partial charge in [-0.25, -0.2) is 0 Å². The van der Waals surface area contributed by atoms with Crippen LogP contribution < -0.4 is 9.47 Å². The van der Waals surface area contributed by atoms with Crippen molar-refractivity contribution >= 4 is 0 Å². The van der Waals surface area contributed by atoms with Gasteiger partial charge < -0.3 is 14.6 Å². The predicted octanol–water partition coefficient (Wildman–Crippen LogP) is 2.43. The third-order valence-electron chi connectivity index (χ3n) is 3.88. The summed E-state index contributed by atoms with van der Waals surface area (Å²) >= 11 is 0. The van der Waals surface area contributed by atoms with Gasteiger partial charge in [-0.1, -0.05) is 6.92 Å². The van der Waals surface area contributed by atoms with Gasteiger partial charge in [0.15, 0.2) is 0 Å². The van der Waals surface area contributed by atoms with Crippen LogP contribution in [0.1, 0.15) is 43.4 Å². The average molecular weight is 248 g/mol. The zero-order chi connectivity index (χ0) is 12.9. The van der Waals surface area contributed by atoms with Crippen LogP contribution >= 0.6 is 0 Å². The molecule has 3 unspecified atom stereocenters. The van der Waals surface area contributed by atoms with Crippen LogP contribution in [0.25, 0.3) is 0 Å². The first-order valence-corrected chi connectivity index (χ1v) is 6.73. The van der Waals surface area contributed by atoms with E-state index in [1.807, 2.05) is 6.92 Å². The van der Waals surface area contributed by atoms with Crippen molar-refractivity contribution in [2.45, 2.75) is 51.7 Å². The molecule has 2 aliphatic heterocycles. The molecule has 0 aromatic heterocycles. The number of aliphatic hydroxyl groups is 1. The number of fused-ring (bicyclic) bond motifs is 2. The van der Waals surface area contributed by atoms with E-state index in [0.717, 1.165) is 24.3 Å². The fraction of sp³-hybridized carbons (Fsp3) is 0.600. The molecular weight excluding hydrogens is 228 g/mol. The lowest BCUT2D eigenvalue weighted by Crippen LogP contribution is -2.09. The molecule has 1 aromatic rings. The van der Waals surface area contributed by atoms with E-state index in [1.165, 1.54) is 16.7 Å². The molecule has 0 fully saturated rings. The minimum Gasteiger partial charge on any atom is -0.490 e. The standard InChI is InChI=1S/C15H20O3/c1-8(7-16)14-12-5-10(3)17-13(12)6-11-4-9(2)18-15(11)14/h6,8-10,16H,4-5,7H2,1-3H3. The highest BCUT2D eigenvalue weighted by Crippen LogP contribution is 2.46. The molecule has 0 amide bonds. The lowest BCUT2D eigenvalue weighted by Gasteiger charge is -2.17. The van der Waals surface area contributed by atoms with Gasteiger partial charge in [0.2, 0.25) is 0 Å². The van der Waals surface area contributed by atoms with Crippen molar-refractivity contribution < 1.29 is 14.6 Å². The first-order chi connectivity index (χ1) is 8.60. The Bertz CT molecular complexity index is 445. The van der Waals surface area contributed by atoms with E-state index in [0.29, 0.717) is 0 Å². The Morgan fingerprint density at radius 1 is 1.28 bits per heavy atom. The lowest BCUT2D eigenvalue weighted by atomic mass is 9.90. The van der Waals surface area contributed by atoms with E-state index < -0.39 is 0 Å². The van der Waals surface area contributed by atoms with Gasteiger partial charge in [-0.3, -0.25) is 0 Å². The van der Waals surface area contributed by atoms with Crippen LogP contribution in [-0.2, 0) is 12.8 Å². The molecule has 3 atom stereocenters. The van der Waals surface area contributed by atoms with Crippen LogP contribution in [0.3, 0.4) is 0 Å². The van der Waals surface area contributed by atoms with Gasteiger partial charge >= 0.3 is 0 Å². The van der Waals surface area contributed by atoms with E-state index in [2.05, 4.69) is 19.9 Å². The van der Waals surface area contributed by atoms with E-state index in [9.17, 15) is 5.11 Å². The summed E-state index contributed by atoms with van der Waals surface area (Å²) in [4.78, 5) is 0. The van der Waals surface area contributed by atoms with E-state index in [-0.39, 0.29) is 24.7 Å². The maximum Gasteiger partial charge on any atom is 0.127 e. The molecule has 1 aromatic carbocycles. The second-order valence-corrected chi connectivity index (χ2v) is 5.60. The van der Waals surface area contributed by atoms with Crippen LogP contribution in [0, 0.1) is 0 Å². The fourth-order valence-corrected chi connectivity index (χ4v) is 3.07. The maximum atomic E-state index is 9.49. The number of ether oxygens (including phenoxy) is 2. The van der Waals surface area contributed by atoms with Crippen LogP contribution in [0.5, 0.6) is 11.5 Å². The Kier molecular flexibility index (Phi) is 2.74. The largest absolute Gasteiger partial charge is 0.490 e. The molecule has 2 aliphatic rings. The molecule has 3 nitrogen and oxygen atoms in total. The van der Waals surface area contributed by atoms with Gasteiger partial charge in [-0.05, 0) is 19.9 Å². The highest BCUT2D eigenvalue weighted by Gasteiger charge is 2.33. The predicted molar refractivity (Wildman–Crippen MR) is 69.5 cm³/mol. The molecule has 0 bridgehead atoms. The van der Waals surface area contributed by atoms with Crippen LogP contribution in [0.2, 0.25) is 0 Å². The molecule has 0 spiro atoms. The van der Waals surface area contributed by atoms with Crippen molar-refractivity contribution in [3.63, 3.8) is 0 Å². The van der Waals surface area contributed by atoms with Gasteiger partial charge in [0.25, 0.3) is 0 Å². The minimum atomic E-state index is 0.105. The van der Waals surface area contributed by atoms with Gasteiger partial charge in [0.05, 0.1) is 0 Å². The van der Waals surface area contributed by atoms with Crippen molar-refractivity contribution in [1.29, 1.82) is 0 Å². The number of hydrogen-bond acceptors (Lipinski definition) is 3. The molecule has 2 heterocycles. The molecule has 98 valence electrons. The van der Waals surface area contributed by atoms with Crippen molar-refractivity contribution in [3.8, 4) is 11.5 Å². The van der Waals surface area contributed by atoms with Gasteiger partial charge in [0, 0.05) is 42.1 Å². The highest BCUT2D eigenvalue weighted by molar-refractivity contribution is 5.58. The number of rotatable bonds is 2. The Labute approximate surface area is 108 Å². The topological polar surface area (TPSA) is 38.7 Å². The average Bonchev–Trinajstić information content (AvgIpc) is 2.85. The summed E-state index contributed by atoms with van der Waals surface area (Å²) < 4.78 is 11.8. The Morgan fingerprint density at radius 2 is 2.00 bits per heavy atom. The van der Waals surface area contributed by atoms with E-state index >= 15 is 0 Å². The van der Waals surface area contributed by atoms with Crippen molar-refractivity contribution in [2.24, 2.45) is 0 Å². The summed E-state index contributed by atoms with van der Waals surface area (Å²) in [7, 11) is 0. The lowest BCUT2D eigenvalue weighted by molar-refractivity contribution is 0.241. The van der Waals surface area contributed by atoms with Crippen LogP contribution in [-0.4, -0.2) is 23.9 Å². The number of hydrogen-bond donors (Lipinski definition) is 1. The molecule has 18 heavy (non-hydrogen) atoms. The Morgan fingerprint density at radius 3 is 2.72 bits per heavy atom.